The normalized spacial score (nSPS) is 21.9. The minimum atomic E-state index is -0.0870. The van der Waals surface area contributed by atoms with E-state index in [9.17, 15) is 0 Å². The van der Waals surface area contributed by atoms with Crippen LogP contribution >= 0.6 is 0 Å². The average Bonchev–Trinajstić information content (AvgIpc) is 3.59. The SMILES string of the molecule is C1CO1.CC(C)(c1ccc(OCC2CO2)cc1)c1ccc(OCC2CO2)cc1. The molecule has 2 aromatic rings. The summed E-state index contributed by atoms with van der Waals surface area (Å²) in [5.41, 5.74) is 2.42. The lowest BCUT2D eigenvalue weighted by atomic mass is 9.78. The molecule has 5 nitrogen and oxygen atoms in total. The fraction of sp³-hybridized carbons (Fsp3) is 0.478. The summed E-state index contributed by atoms with van der Waals surface area (Å²) in [4.78, 5) is 0. The highest BCUT2D eigenvalue weighted by molar-refractivity contribution is 5.41. The van der Waals surface area contributed by atoms with E-state index < -0.39 is 0 Å². The van der Waals surface area contributed by atoms with E-state index in [-0.39, 0.29) is 17.6 Å². The van der Waals surface area contributed by atoms with Gasteiger partial charge in [-0.1, -0.05) is 38.1 Å². The molecule has 3 heterocycles. The zero-order valence-corrected chi connectivity index (χ0v) is 16.6. The van der Waals surface area contributed by atoms with Gasteiger partial charge in [-0.05, 0) is 35.4 Å². The van der Waals surface area contributed by atoms with Crippen molar-refractivity contribution >= 4 is 0 Å². The molecular formula is C23H28O5. The van der Waals surface area contributed by atoms with Gasteiger partial charge in [0, 0.05) is 5.41 Å². The Morgan fingerprint density at radius 3 is 1.39 bits per heavy atom. The maximum atomic E-state index is 5.72. The molecule has 3 fully saturated rings. The summed E-state index contributed by atoms with van der Waals surface area (Å²) in [5.74, 6) is 1.78. The van der Waals surface area contributed by atoms with E-state index in [1.807, 2.05) is 24.3 Å². The number of hydrogen-bond donors (Lipinski definition) is 0. The number of epoxide rings is 3. The molecule has 0 spiro atoms. The predicted octanol–water partition coefficient (Wildman–Crippen LogP) is 3.58. The van der Waals surface area contributed by atoms with Gasteiger partial charge in [-0.25, -0.2) is 0 Å². The predicted molar refractivity (Wildman–Crippen MR) is 106 cm³/mol. The Labute approximate surface area is 166 Å². The number of ether oxygens (including phenoxy) is 5. The summed E-state index contributed by atoms with van der Waals surface area (Å²) in [6, 6.07) is 16.7. The quantitative estimate of drug-likeness (QED) is 0.651. The van der Waals surface area contributed by atoms with Crippen molar-refractivity contribution in [2.75, 3.05) is 39.6 Å². The Kier molecular flexibility index (Phi) is 5.85. The molecule has 2 unspecified atom stereocenters. The molecule has 5 heteroatoms. The van der Waals surface area contributed by atoms with Crippen molar-refractivity contribution in [3.8, 4) is 11.5 Å². The molecule has 0 radical (unpaired) electrons. The first kappa shape index (κ1) is 19.2. The minimum absolute atomic E-state index is 0.0870. The summed E-state index contributed by atoms with van der Waals surface area (Å²) in [6.07, 6.45) is 0.562. The van der Waals surface area contributed by atoms with Gasteiger partial charge in [0.05, 0.1) is 26.4 Å². The second kappa shape index (κ2) is 8.52. The summed E-state index contributed by atoms with van der Waals surface area (Å²) < 4.78 is 26.3. The third-order valence-electron chi connectivity index (χ3n) is 5.03. The molecular weight excluding hydrogens is 356 g/mol. The van der Waals surface area contributed by atoms with Crippen molar-refractivity contribution in [3.05, 3.63) is 59.7 Å². The third kappa shape index (κ3) is 5.71. The topological polar surface area (TPSA) is 56.0 Å². The van der Waals surface area contributed by atoms with Crippen molar-refractivity contribution in [3.63, 3.8) is 0 Å². The molecule has 3 saturated heterocycles. The van der Waals surface area contributed by atoms with Crippen LogP contribution < -0.4 is 9.47 Å². The van der Waals surface area contributed by atoms with Crippen LogP contribution in [0.1, 0.15) is 25.0 Å². The van der Waals surface area contributed by atoms with Crippen LogP contribution in [0.3, 0.4) is 0 Å². The zero-order valence-electron chi connectivity index (χ0n) is 16.6. The summed E-state index contributed by atoms with van der Waals surface area (Å²) in [7, 11) is 0. The molecule has 0 amide bonds. The van der Waals surface area contributed by atoms with Gasteiger partial charge in [-0.2, -0.15) is 0 Å². The van der Waals surface area contributed by atoms with Gasteiger partial charge in [0.1, 0.15) is 36.9 Å². The van der Waals surface area contributed by atoms with Crippen molar-refractivity contribution in [2.45, 2.75) is 31.5 Å². The Bertz CT molecular complexity index is 679. The molecule has 2 aromatic carbocycles. The third-order valence-corrected chi connectivity index (χ3v) is 5.03. The monoisotopic (exact) mass is 384 g/mol. The van der Waals surface area contributed by atoms with Crippen molar-refractivity contribution in [2.24, 2.45) is 0 Å². The van der Waals surface area contributed by atoms with Gasteiger partial charge in [0.15, 0.2) is 0 Å². The maximum Gasteiger partial charge on any atom is 0.119 e. The average molecular weight is 384 g/mol. The lowest BCUT2D eigenvalue weighted by Crippen LogP contribution is -2.18. The molecule has 0 saturated carbocycles. The van der Waals surface area contributed by atoms with E-state index in [4.69, 9.17) is 18.9 Å². The van der Waals surface area contributed by atoms with E-state index >= 15 is 0 Å². The van der Waals surface area contributed by atoms with E-state index in [0.29, 0.717) is 13.2 Å². The summed E-state index contributed by atoms with van der Waals surface area (Å²) >= 11 is 0. The molecule has 5 rings (SSSR count). The first-order valence-corrected chi connectivity index (χ1v) is 9.89. The smallest absolute Gasteiger partial charge is 0.119 e. The van der Waals surface area contributed by atoms with Crippen molar-refractivity contribution in [1.29, 1.82) is 0 Å². The summed E-state index contributed by atoms with van der Waals surface area (Å²) in [5, 5.41) is 0. The molecule has 0 aromatic heterocycles. The number of hydrogen-bond acceptors (Lipinski definition) is 5. The zero-order chi connectivity index (χ0) is 19.4. The van der Waals surface area contributed by atoms with Crippen LogP contribution in [0.25, 0.3) is 0 Å². The first-order valence-electron chi connectivity index (χ1n) is 9.89. The Hall–Kier alpha value is -2.08. The fourth-order valence-corrected chi connectivity index (χ4v) is 2.81. The van der Waals surface area contributed by atoms with Crippen molar-refractivity contribution < 1.29 is 23.7 Å². The lowest BCUT2D eigenvalue weighted by molar-refractivity contribution is 0.263. The lowest BCUT2D eigenvalue weighted by Gasteiger charge is -2.26. The number of benzene rings is 2. The Morgan fingerprint density at radius 1 is 0.750 bits per heavy atom. The molecule has 28 heavy (non-hydrogen) atoms. The molecule has 0 aliphatic carbocycles. The van der Waals surface area contributed by atoms with E-state index in [2.05, 4.69) is 42.8 Å². The van der Waals surface area contributed by atoms with Gasteiger partial charge < -0.3 is 23.7 Å². The Morgan fingerprint density at radius 2 is 1.11 bits per heavy atom. The van der Waals surface area contributed by atoms with Gasteiger partial charge >= 0.3 is 0 Å². The highest BCUT2D eigenvalue weighted by atomic mass is 16.6. The second-order valence-corrected chi connectivity index (χ2v) is 7.82. The van der Waals surface area contributed by atoms with E-state index in [1.165, 1.54) is 11.1 Å². The Balaban J connectivity index is 0.000000586. The van der Waals surface area contributed by atoms with Gasteiger partial charge in [0.25, 0.3) is 0 Å². The summed E-state index contributed by atoms with van der Waals surface area (Å²) in [6.45, 7) is 9.37. The largest absolute Gasteiger partial charge is 0.491 e. The molecule has 150 valence electrons. The fourth-order valence-electron chi connectivity index (χ4n) is 2.81. The van der Waals surface area contributed by atoms with Crippen LogP contribution in [0.5, 0.6) is 11.5 Å². The van der Waals surface area contributed by atoms with Crippen molar-refractivity contribution in [1.82, 2.24) is 0 Å². The molecule has 3 aliphatic rings. The van der Waals surface area contributed by atoms with Crippen LogP contribution in [0.4, 0.5) is 0 Å². The highest BCUT2D eigenvalue weighted by Gasteiger charge is 2.25. The van der Waals surface area contributed by atoms with Crippen LogP contribution in [0.2, 0.25) is 0 Å². The van der Waals surface area contributed by atoms with Gasteiger partial charge in [-0.3, -0.25) is 0 Å². The standard InChI is InChI=1S/C21H24O4.C2H4O/c1-21(2,15-3-7-17(8-4-15)22-11-19-13-24-19)16-5-9-18(10-6-16)23-12-20-14-25-20;1-2-3-1/h3-10,19-20H,11-14H2,1-2H3;1-2H2. The molecule has 2 atom stereocenters. The molecule has 3 aliphatic heterocycles. The van der Waals surface area contributed by atoms with E-state index in [0.717, 1.165) is 37.9 Å². The van der Waals surface area contributed by atoms with Crippen LogP contribution in [0.15, 0.2) is 48.5 Å². The maximum absolute atomic E-state index is 5.72. The van der Waals surface area contributed by atoms with Crippen LogP contribution in [0, 0.1) is 0 Å². The minimum Gasteiger partial charge on any atom is -0.491 e. The van der Waals surface area contributed by atoms with E-state index in [1.54, 1.807) is 0 Å². The second-order valence-electron chi connectivity index (χ2n) is 7.82. The van der Waals surface area contributed by atoms with Gasteiger partial charge in [-0.15, -0.1) is 0 Å². The molecule has 0 N–H and O–H groups in total. The van der Waals surface area contributed by atoms with Crippen LogP contribution in [-0.2, 0) is 19.6 Å². The highest BCUT2D eigenvalue weighted by Crippen LogP contribution is 2.33. The first-order chi connectivity index (χ1) is 13.6. The molecule has 0 bridgehead atoms. The van der Waals surface area contributed by atoms with Crippen LogP contribution in [-0.4, -0.2) is 51.8 Å². The van der Waals surface area contributed by atoms with Gasteiger partial charge in [0.2, 0.25) is 0 Å². The number of rotatable bonds is 8.